The van der Waals surface area contributed by atoms with E-state index < -0.39 is 11.7 Å². The Kier molecular flexibility index (Phi) is 4.44. The van der Waals surface area contributed by atoms with Gasteiger partial charge in [-0.3, -0.25) is 5.32 Å². The molecule has 19 heavy (non-hydrogen) atoms. The Hall–Kier alpha value is -2.15. The minimum Gasteiger partial charge on any atom is -0.506 e. The van der Waals surface area contributed by atoms with Crippen molar-refractivity contribution in [3.05, 3.63) is 23.8 Å². The molecular formula is C15H19NO3. The molecule has 0 fully saturated rings. The van der Waals surface area contributed by atoms with E-state index in [1.54, 1.807) is 32.9 Å². The lowest BCUT2D eigenvalue weighted by Gasteiger charge is -2.20. The molecule has 1 rings (SSSR count). The highest BCUT2D eigenvalue weighted by atomic mass is 16.6. The third kappa shape index (κ3) is 4.55. The van der Waals surface area contributed by atoms with Gasteiger partial charge in [-0.25, -0.2) is 4.79 Å². The molecule has 0 aliphatic rings. The highest BCUT2D eigenvalue weighted by molar-refractivity contribution is 5.87. The van der Waals surface area contributed by atoms with Crippen LogP contribution in [0.25, 0.3) is 0 Å². The van der Waals surface area contributed by atoms with E-state index in [1.165, 1.54) is 6.07 Å². The summed E-state index contributed by atoms with van der Waals surface area (Å²) in [5.74, 6) is 2.47. The van der Waals surface area contributed by atoms with Gasteiger partial charge in [-0.15, -0.1) is 6.42 Å². The average molecular weight is 261 g/mol. The number of nitrogens with one attached hydrogen (secondary N) is 1. The second kappa shape index (κ2) is 5.66. The smallest absolute Gasteiger partial charge is 0.412 e. The number of ether oxygens (including phenoxy) is 1. The molecule has 0 aromatic heterocycles. The van der Waals surface area contributed by atoms with Crippen LogP contribution in [0.5, 0.6) is 5.75 Å². The molecule has 2 N–H and O–H groups in total. The summed E-state index contributed by atoms with van der Waals surface area (Å²) in [7, 11) is 0. The van der Waals surface area contributed by atoms with Crippen LogP contribution in [-0.2, 0) is 4.74 Å². The Balaban J connectivity index is 2.89. The van der Waals surface area contributed by atoms with Crippen LogP contribution in [0, 0.1) is 12.3 Å². The normalized spacial score (nSPS) is 12.4. The number of amides is 1. The lowest BCUT2D eigenvalue weighted by atomic mass is 10.0. The molecule has 0 saturated heterocycles. The standard InChI is InChI=1S/C15H19NO3/c1-6-10(2)11-7-8-13(17)12(9-11)16-14(18)19-15(3,4)5/h1,7-10,17H,2-5H3,(H,16,18). The number of aromatic hydroxyl groups is 1. The molecule has 1 unspecified atom stereocenters. The fourth-order valence-electron chi connectivity index (χ4n) is 1.43. The van der Waals surface area contributed by atoms with Gasteiger partial charge in [0.2, 0.25) is 0 Å². The first-order valence-electron chi connectivity index (χ1n) is 6.02. The predicted octanol–water partition coefficient (Wildman–Crippen LogP) is 3.48. The Morgan fingerprint density at radius 3 is 2.63 bits per heavy atom. The van der Waals surface area contributed by atoms with Gasteiger partial charge in [-0.05, 0) is 45.4 Å². The second-order valence-corrected chi connectivity index (χ2v) is 5.29. The van der Waals surface area contributed by atoms with Crippen molar-refractivity contribution in [3.8, 4) is 18.1 Å². The second-order valence-electron chi connectivity index (χ2n) is 5.29. The van der Waals surface area contributed by atoms with Crippen LogP contribution < -0.4 is 5.32 Å². The summed E-state index contributed by atoms with van der Waals surface area (Å²) in [5, 5.41) is 12.2. The van der Waals surface area contributed by atoms with Crippen molar-refractivity contribution < 1.29 is 14.6 Å². The minimum atomic E-state index is -0.617. The number of anilines is 1. The van der Waals surface area contributed by atoms with Crippen LogP contribution >= 0.6 is 0 Å². The van der Waals surface area contributed by atoms with E-state index in [0.717, 1.165) is 5.56 Å². The number of benzene rings is 1. The summed E-state index contributed by atoms with van der Waals surface area (Å²) < 4.78 is 5.12. The molecule has 1 atom stereocenters. The van der Waals surface area contributed by atoms with E-state index in [1.807, 2.05) is 6.92 Å². The van der Waals surface area contributed by atoms with E-state index in [-0.39, 0.29) is 17.4 Å². The summed E-state index contributed by atoms with van der Waals surface area (Å²) in [5.41, 5.74) is 0.531. The highest BCUT2D eigenvalue weighted by Gasteiger charge is 2.17. The number of carbonyl (C=O) groups excluding carboxylic acids is 1. The third-order valence-electron chi connectivity index (χ3n) is 2.41. The van der Waals surface area contributed by atoms with Gasteiger partial charge in [-0.2, -0.15) is 0 Å². The maximum absolute atomic E-state index is 11.6. The molecule has 0 bridgehead atoms. The molecule has 102 valence electrons. The quantitative estimate of drug-likeness (QED) is 0.633. The molecule has 1 aromatic carbocycles. The van der Waals surface area contributed by atoms with Crippen LogP contribution in [-0.4, -0.2) is 16.8 Å². The van der Waals surface area contributed by atoms with Gasteiger partial charge < -0.3 is 9.84 Å². The highest BCUT2D eigenvalue weighted by Crippen LogP contribution is 2.28. The molecule has 0 saturated carbocycles. The number of rotatable bonds is 2. The number of phenols is 1. The minimum absolute atomic E-state index is 0.0289. The molecule has 4 nitrogen and oxygen atoms in total. The maximum atomic E-state index is 11.6. The van der Waals surface area contributed by atoms with E-state index in [9.17, 15) is 9.90 Å². The number of carbonyl (C=O) groups is 1. The number of hydrogen-bond donors (Lipinski definition) is 2. The lowest BCUT2D eigenvalue weighted by molar-refractivity contribution is 0.0635. The molecule has 1 aromatic rings. The van der Waals surface area contributed by atoms with E-state index >= 15 is 0 Å². The lowest BCUT2D eigenvalue weighted by Crippen LogP contribution is -2.27. The Bertz CT molecular complexity index is 509. The number of terminal acetylenes is 1. The summed E-state index contributed by atoms with van der Waals surface area (Å²) in [4.78, 5) is 11.6. The van der Waals surface area contributed by atoms with Gasteiger partial charge in [0.25, 0.3) is 0 Å². The van der Waals surface area contributed by atoms with Crippen molar-refractivity contribution in [2.45, 2.75) is 39.2 Å². The van der Waals surface area contributed by atoms with Crippen molar-refractivity contribution in [3.63, 3.8) is 0 Å². The van der Waals surface area contributed by atoms with Crippen LogP contribution in [0.4, 0.5) is 10.5 Å². The number of hydrogen-bond acceptors (Lipinski definition) is 3. The fraction of sp³-hybridized carbons (Fsp3) is 0.400. The molecule has 0 heterocycles. The Morgan fingerprint density at radius 2 is 2.11 bits per heavy atom. The zero-order valence-corrected chi connectivity index (χ0v) is 11.7. The Morgan fingerprint density at radius 1 is 1.47 bits per heavy atom. The molecule has 4 heteroatoms. The van der Waals surface area contributed by atoms with E-state index in [4.69, 9.17) is 11.2 Å². The molecule has 0 aliphatic carbocycles. The maximum Gasteiger partial charge on any atom is 0.412 e. The largest absolute Gasteiger partial charge is 0.506 e. The van der Waals surface area contributed by atoms with E-state index in [2.05, 4.69) is 11.2 Å². The molecule has 0 aliphatic heterocycles. The summed E-state index contributed by atoms with van der Waals surface area (Å²) in [6, 6.07) is 4.86. The molecule has 0 radical (unpaired) electrons. The van der Waals surface area contributed by atoms with Crippen molar-refractivity contribution in [1.82, 2.24) is 0 Å². The van der Waals surface area contributed by atoms with Gasteiger partial charge in [0, 0.05) is 5.92 Å². The monoisotopic (exact) mass is 261 g/mol. The zero-order valence-electron chi connectivity index (χ0n) is 11.7. The average Bonchev–Trinajstić information content (AvgIpc) is 2.28. The molecule has 1 amide bonds. The van der Waals surface area contributed by atoms with Gasteiger partial charge in [0.15, 0.2) is 0 Å². The topological polar surface area (TPSA) is 58.6 Å². The van der Waals surface area contributed by atoms with Gasteiger partial charge in [0.05, 0.1) is 5.69 Å². The summed E-state index contributed by atoms with van der Waals surface area (Å²) in [6.45, 7) is 7.17. The number of phenolic OH excluding ortho intramolecular Hbond substituents is 1. The molecule has 0 spiro atoms. The van der Waals surface area contributed by atoms with Crippen LogP contribution in [0.2, 0.25) is 0 Å². The van der Waals surface area contributed by atoms with Crippen LogP contribution in [0.15, 0.2) is 18.2 Å². The van der Waals surface area contributed by atoms with Crippen molar-refractivity contribution in [2.75, 3.05) is 5.32 Å². The Labute approximate surface area is 113 Å². The van der Waals surface area contributed by atoms with Crippen molar-refractivity contribution in [1.29, 1.82) is 0 Å². The van der Waals surface area contributed by atoms with Crippen molar-refractivity contribution >= 4 is 11.8 Å². The first-order chi connectivity index (χ1) is 8.73. The van der Waals surface area contributed by atoms with Gasteiger partial charge in [-0.1, -0.05) is 12.0 Å². The summed E-state index contributed by atoms with van der Waals surface area (Å²) in [6.07, 6.45) is 4.73. The summed E-state index contributed by atoms with van der Waals surface area (Å²) >= 11 is 0. The van der Waals surface area contributed by atoms with Crippen LogP contribution in [0.1, 0.15) is 39.2 Å². The first kappa shape index (κ1) is 14.9. The fourth-order valence-corrected chi connectivity index (χ4v) is 1.43. The third-order valence-corrected chi connectivity index (χ3v) is 2.41. The first-order valence-corrected chi connectivity index (χ1v) is 6.02. The zero-order chi connectivity index (χ0) is 14.6. The van der Waals surface area contributed by atoms with Crippen LogP contribution in [0.3, 0.4) is 0 Å². The van der Waals surface area contributed by atoms with Gasteiger partial charge in [0.1, 0.15) is 11.4 Å². The van der Waals surface area contributed by atoms with E-state index in [0.29, 0.717) is 0 Å². The van der Waals surface area contributed by atoms with Crippen molar-refractivity contribution in [2.24, 2.45) is 0 Å². The van der Waals surface area contributed by atoms with Gasteiger partial charge >= 0.3 is 6.09 Å². The predicted molar refractivity (Wildman–Crippen MR) is 75.2 cm³/mol. The molecular weight excluding hydrogens is 242 g/mol. The SMILES string of the molecule is C#CC(C)c1ccc(O)c(NC(=O)OC(C)(C)C)c1.